The van der Waals surface area contributed by atoms with Crippen LogP contribution in [0.3, 0.4) is 0 Å². The first kappa shape index (κ1) is 16.3. The molecule has 1 saturated carbocycles. The van der Waals surface area contributed by atoms with Crippen LogP contribution in [0.5, 0.6) is 0 Å². The summed E-state index contributed by atoms with van der Waals surface area (Å²) >= 11 is 0. The molecule has 3 aromatic rings. The summed E-state index contributed by atoms with van der Waals surface area (Å²) in [5.74, 6) is 0.462. The highest BCUT2D eigenvalue weighted by Gasteiger charge is 2.45. The molecule has 3 aromatic heterocycles. The van der Waals surface area contributed by atoms with Crippen LogP contribution in [0.2, 0.25) is 0 Å². The van der Waals surface area contributed by atoms with E-state index in [1.165, 1.54) is 12.8 Å². The summed E-state index contributed by atoms with van der Waals surface area (Å²) in [7, 11) is 0. The number of aromatic nitrogens is 4. The van der Waals surface area contributed by atoms with E-state index in [4.69, 9.17) is 4.42 Å². The molecule has 8 nitrogen and oxygen atoms in total. The number of amides is 1. The van der Waals surface area contributed by atoms with Crippen molar-refractivity contribution in [1.82, 2.24) is 25.1 Å². The number of hydrogen-bond donors (Lipinski definition) is 2. The molecular formula is C19H22N6O2. The van der Waals surface area contributed by atoms with E-state index in [-0.39, 0.29) is 11.9 Å². The van der Waals surface area contributed by atoms with Gasteiger partial charge < -0.3 is 19.6 Å². The fourth-order valence-corrected chi connectivity index (χ4v) is 3.88. The summed E-state index contributed by atoms with van der Waals surface area (Å²) in [6, 6.07) is 3.69. The van der Waals surface area contributed by atoms with Crippen molar-refractivity contribution < 1.29 is 9.21 Å². The minimum atomic E-state index is -0.404. The molecule has 0 radical (unpaired) electrons. The van der Waals surface area contributed by atoms with Gasteiger partial charge in [-0.3, -0.25) is 9.78 Å². The number of H-pyrrole nitrogens is 1. The number of carbonyl (C=O) groups is 1. The van der Waals surface area contributed by atoms with E-state index in [2.05, 4.69) is 25.5 Å². The zero-order valence-electron chi connectivity index (χ0n) is 15.2. The third-order valence-corrected chi connectivity index (χ3v) is 5.88. The average molecular weight is 366 g/mol. The Morgan fingerprint density at radius 2 is 2.11 bits per heavy atom. The Hall–Kier alpha value is -2.90. The molecule has 8 heteroatoms. The lowest BCUT2D eigenvalue weighted by atomic mass is 9.93. The van der Waals surface area contributed by atoms with Crippen LogP contribution < -0.4 is 5.32 Å². The van der Waals surface area contributed by atoms with Crippen molar-refractivity contribution in [3.63, 3.8) is 0 Å². The van der Waals surface area contributed by atoms with Crippen molar-refractivity contribution in [3.8, 4) is 11.6 Å². The van der Waals surface area contributed by atoms with Gasteiger partial charge >= 0.3 is 6.01 Å². The number of hydrogen-bond acceptors (Lipinski definition) is 6. The van der Waals surface area contributed by atoms with Crippen LogP contribution in [0, 0.1) is 5.41 Å². The smallest absolute Gasteiger partial charge is 0.316 e. The summed E-state index contributed by atoms with van der Waals surface area (Å²) < 4.78 is 5.69. The van der Waals surface area contributed by atoms with Gasteiger partial charge in [0.05, 0.1) is 11.7 Å². The van der Waals surface area contributed by atoms with Gasteiger partial charge in [0.2, 0.25) is 5.91 Å². The third-order valence-electron chi connectivity index (χ3n) is 5.88. The molecule has 0 bridgehead atoms. The number of likely N-dealkylation sites (tertiary alicyclic amines) is 1. The first-order valence-corrected chi connectivity index (χ1v) is 9.44. The van der Waals surface area contributed by atoms with Crippen LogP contribution in [0.15, 0.2) is 28.9 Å². The third kappa shape index (κ3) is 3.05. The van der Waals surface area contributed by atoms with Crippen LogP contribution in [0.1, 0.15) is 32.6 Å². The Kier molecular flexibility index (Phi) is 3.66. The van der Waals surface area contributed by atoms with Crippen LogP contribution in [-0.2, 0) is 4.79 Å². The van der Waals surface area contributed by atoms with Gasteiger partial charge in [-0.2, -0.15) is 0 Å². The van der Waals surface area contributed by atoms with Crippen LogP contribution in [0.25, 0.3) is 22.5 Å². The number of fused-ring (bicyclic) bond motifs is 1. The molecule has 1 aliphatic carbocycles. The minimum absolute atomic E-state index is 0.0851. The fourth-order valence-electron chi connectivity index (χ4n) is 3.88. The van der Waals surface area contributed by atoms with Crippen molar-refractivity contribution in [2.75, 3.05) is 18.4 Å². The molecule has 2 N–H and O–H groups in total. The van der Waals surface area contributed by atoms with Gasteiger partial charge in [0.1, 0.15) is 11.7 Å². The predicted molar refractivity (Wildman–Crippen MR) is 100.0 cm³/mol. The van der Waals surface area contributed by atoms with E-state index in [0.717, 1.165) is 42.5 Å². The second kappa shape index (κ2) is 6.07. The second-order valence-corrected chi connectivity index (χ2v) is 7.75. The lowest BCUT2D eigenvalue weighted by Crippen LogP contribution is -2.45. The van der Waals surface area contributed by atoms with E-state index in [9.17, 15) is 4.79 Å². The Morgan fingerprint density at radius 3 is 2.85 bits per heavy atom. The Labute approximate surface area is 156 Å². The number of anilines is 1. The lowest BCUT2D eigenvalue weighted by molar-refractivity contribution is -0.133. The largest absolute Gasteiger partial charge is 0.402 e. The summed E-state index contributed by atoms with van der Waals surface area (Å²) in [4.78, 5) is 21.9. The van der Waals surface area contributed by atoms with Crippen molar-refractivity contribution in [2.45, 2.75) is 38.6 Å². The fraction of sp³-hybridized carbons (Fsp3) is 0.474. The number of piperidine rings is 1. The van der Waals surface area contributed by atoms with Crippen molar-refractivity contribution in [2.24, 2.45) is 5.41 Å². The Morgan fingerprint density at radius 1 is 1.30 bits per heavy atom. The van der Waals surface area contributed by atoms with E-state index < -0.39 is 6.04 Å². The molecule has 1 atom stereocenters. The quantitative estimate of drug-likeness (QED) is 0.736. The number of rotatable bonds is 4. The highest BCUT2D eigenvalue weighted by atomic mass is 16.4. The van der Waals surface area contributed by atoms with Crippen LogP contribution in [-0.4, -0.2) is 50.1 Å². The van der Waals surface area contributed by atoms with E-state index in [1.807, 2.05) is 24.0 Å². The number of nitrogens with zero attached hydrogens (tertiary/aromatic N) is 4. The molecule has 140 valence electrons. The molecule has 1 aliphatic heterocycles. The van der Waals surface area contributed by atoms with Gasteiger partial charge in [0.15, 0.2) is 0 Å². The van der Waals surface area contributed by atoms with Gasteiger partial charge in [-0.05, 0) is 50.2 Å². The monoisotopic (exact) mass is 366 g/mol. The van der Waals surface area contributed by atoms with Gasteiger partial charge in [0.25, 0.3) is 5.89 Å². The maximum atomic E-state index is 12.7. The summed E-state index contributed by atoms with van der Waals surface area (Å²) in [6.07, 6.45) is 8.41. The van der Waals surface area contributed by atoms with Crippen LogP contribution >= 0.6 is 0 Å². The molecule has 1 amide bonds. The molecule has 1 spiro atoms. The number of nitrogens with one attached hydrogen (secondary N) is 2. The number of carbonyl (C=O) groups excluding carboxylic acids is 1. The first-order valence-electron chi connectivity index (χ1n) is 9.44. The van der Waals surface area contributed by atoms with Gasteiger partial charge in [0, 0.05) is 24.7 Å². The summed E-state index contributed by atoms with van der Waals surface area (Å²) in [5, 5.41) is 12.2. The summed E-state index contributed by atoms with van der Waals surface area (Å²) in [5.41, 5.74) is 2.19. The lowest BCUT2D eigenvalue weighted by Gasteiger charge is -2.33. The summed E-state index contributed by atoms with van der Waals surface area (Å²) in [6.45, 7) is 3.54. The highest BCUT2D eigenvalue weighted by Crippen LogP contribution is 2.53. The molecule has 2 aliphatic rings. The second-order valence-electron chi connectivity index (χ2n) is 7.75. The minimum Gasteiger partial charge on any atom is -0.402 e. The van der Waals surface area contributed by atoms with Crippen molar-refractivity contribution in [1.29, 1.82) is 0 Å². The highest BCUT2D eigenvalue weighted by molar-refractivity contribution is 5.84. The number of pyridine rings is 1. The SMILES string of the molecule is C[C@@H](Nc1nnc(-c2cc3ccncc3[nH]2)o1)C(=O)N1CCC2(CC1)CC2. The van der Waals surface area contributed by atoms with Crippen molar-refractivity contribution >= 4 is 22.8 Å². The average Bonchev–Trinajstić information content (AvgIpc) is 3.10. The first-order chi connectivity index (χ1) is 13.1. The maximum absolute atomic E-state index is 12.7. The van der Waals surface area contributed by atoms with Crippen LogP contribution in [0.4, 0.5) is 6.01 Å². The number of aromatic amines is 1. The van der Waals surface area contributed by atoms with E-state index in [1.54, 1.807) is 12.4 Å². The zero-order chi connectivity index (χ0) is 18.4. The van der Waals surface area contributed by atoms with Gasteiger partial charge in [-0.25, -0.2) is 0 Å². The normalized spacial score (nSPS) is 19.4. The molecular weight excluding hydrogens is 344 g/mol. The molecule has 0 unspecified atom stereocenters. The Balaban J connectivity index is 1.25. The molecule has 2 fully saturated rings. The van der Waals surface area contributed by atoms with E-state index in [0.29, 0.717) is 11.3 Å². The maximum Gasteiger partial charge on any atom is 0.316 e. The Bertz CT molecular complexity index is 946. The predicted octanol–water partition coefficient (Wildman–Crippen LogP) is 2.82. The topological polar surface area (TPSA) is 99.9 Å². The zero-order valence-corrected chi connectivity index (χ0v) is 15.2. The molecule has 1 saturated heterocycles. The molecule has 5 rings (SSSR count). The van der Waals surface area contributed by atoms with Crippen molar-refractivity contribution in [3.05, 3.63) is 24.5 Å². The van der Waals surface area contributed by atoms with E-state index >= 15 is 0 Å². The molecule has 4 heterocycles. The van der Waals surface area contributed by atoms with Gasteiger partial charge in [-0.1, -0.05) is 5.10 Å². The standard InChI is InChI=1S/C19H22N6O2/c1-12(17(26)25-8-5-19(3-4-19)6-9-25)21-18-24-23-16(27-18)14-10-13-2-7-20-11-15(13)22-14/h2,7,10-12,22H,3-6,8-9H2,1H3,(H,21,24)/t12-/m1/s1. The molecule has 27 heavy (non-hydrogen) atoms. The van der Waals surface area contributed by atoms with Gasteiger partial charge in [-0.15, -0.1) is 5.10 Å². The molecule has 0 aromatic carbocycles.